The molecule has 4 rings (SSSR count). The van der Waals surface area contributed by atoms with Crippen LogP contribution in [0.2, 0.25) is 10.4 Å². The number of benzene rings is 4. The summed E-state index contributed by atoms with van der Waals surface area (Å²) in [6.45, 7) is 18.0. The monoisotopic (exact) mass is 782 g/mol. The molecule has 0 unspecified atom stereocenters. The van der Waals surface area contributed by atoms with Crippen LogP contribution in [0.25, 0.3) is 0 Å². The number of hydrogen-bond acceptors (Lipinski definition) is 0. The molecule has 0 N–H and O–H groups in total. The summed E-state index contributed by atoms with van der Waals surface area (Å²) in [7, 11) is 0. The summed E-state index contributed by atoms with van der Waals surface area (Å²) in [5.41, 5.74) is 0. The molecule has 0 saturated carbocycles. The Labute approximate surface area is 243 Å². The first-order chi connectivity index (χ1) is 17.9. The van der Waals surface area contributed by atoms with Crippen molar-refractivity contribution in [3.8, 4) is 0 Å². The van der Waals surface area contributed by atoms with Gasteiger partial charge in [0.15, 0.2) is 0 Å². The molecule has 0 saturated heterocycles. The van der Waals surface area contributed by atoms with Crippen LogP contribution in [0.15, 0.2) is 121 Å². The maximum atomic E-state index is 7.50. The Morgan fingerprint density at radius 3 is 0.676 bits per heavy atom. The molecule has 0 aliphatic rings. The summed E-state index contributed by atoms with van der Waals surface area (Å²) in [5.74, 6) is 0. The first-order valence-corrected chi connectivity index (χ1v) is 16.9. The van der Waals surface area contributed by atoms with Crippen molar-refractivity contribution in [3.05, 3.63) is 148 Å². The zero-order valence-corrected chi connectivity index (χ0v) is 26.6. The molecule has 0 aromatic heterocycles. The van der Waals surface area contributed by atoms with E-state index in [1.807, 2.05) is 0 Å². The van der Waals surface area contributed by atoms with Crippen molar-refractivity contribution in [3.63, 3.8) is 0 Å². The third-order valence-corrected chi connectivity index (χ3v) is 17.0. The molecule has 0 amide bonds. The van der Waals surface area contributed by atoms with Gasteiger partial charge in [0.2, 0.25) is 0 Å². The molecule has 0 heterocycles. The molecule has 0 atom stereocenters. The molecule has 7 heteroatoms. The fourth-order valence-corrected chi connectivity index (χ4v) is 16.5. The average Bonchev–Trinajstić information content (AvgIpc) is 3.01. The summed E-state index contributed by atoms with van der Waals surface area (Å²) in [4.78, 5) is 0. The molecule has 4 aromatic carbocycles. The molecular weight excluding hydrogens is 758 g/mol. The van der Waals surface area contributed by atoms with E-state index in [1.54, 1.807) is 17.4 Å². The van der Waals surface area contributed by atoms with E-state index < -0.39 is 29.3 Å². The van der Waals surface area contributed by atoms with Crippen LogP contribution in [0.4, 0.5) is 0 Å². The number of rotatable bonds is 7. The van der Waals surface area contributed by atoms with Gasteiger partial charge in [-0.2, -0.15) is 0 Å². The summed E-state index contributed by atoms with van der Waals surface area (Å²) < 4.78 is 36.3. The Hall–Kier alpha value is -2.35. The minimum absolute atomic E-state index is 0. The Balaban J connectivity index is 0. The average molecular weight is 782 g/mol. The van der Waals surface area contributed by atoms with Gasteiger partial charge >= 0.3 is 224 Å². The van der Waals surface area contributed by atoms with Crippen LogP contribution in [-0.4, -0.2) is 29.3 Å². The first kappa shape index (κ1) is 36.8. The normalized spacial score (nSPS) is 8.59. The van der Waals surface area contributed by atoms with Gasteiger partial charge in [0.1, 0.15) is 0 Å². The van der Waals surface area contributed by atoms with Crippen molar-refractivity contribution in [1.82, 2.24) is 0 Å². The minimum atomic E-state index is -1.30. The van der Waals surface area contributed by atoms with Crippen molar-refractivity contribution in [2.45, 2.75) is 10.4 Å². The van der Waals surface area contributed by atoms with E-state index >= 15 is 0 Å². The molecular formula is C30H24As2O4W. The van der Waals surface area contributed by atoms with Crippen molar-refractivity contribution >= 4 is 46.7 Å². The molecule has 0 spiro atoms. The molecule has 4 aromatic rings. The summed E-state index contributed by atoms with van der Waals surface area (Å²) in [6, 6.07) is 44.9. The van der Waals surface area contributed by atoms with Crippen LogP contribution in [-0.2, 0) is 39.7 Å². The van der Waals surface area contributed by atoms with Crippen LogP contribution < -0.4 is 17.4 Å². The maximum absolute atomic E-state index is 7.50. The Kier molecular flexibility index (Phi) is 25.2. The van der Waals surface area contributed by atoms with Gasteiger partial charge < -0.3 is 0 Å². The van der Waals surface area contributed by atoms with Gasteiger partial charge in [-0.15, -0.1) is 0 Å². The van der Waals surface area contributed by atoms with Gasteiger partial charge in [0.25, 0.3) is 0 Å². The van der Waals surface area contributed by atoms with E-state index in [2.05, 4.69) is 148 Å². The topological polar surface area (TPSA) is 79.6 Å². The fourth-order valence-electron chi connectivity index (χ4n) is 3.45. The summed E-state index contributed by atoms with van der Waals surface area (Å²) in [6.07, 6.45) is 0. The quantitative estimate of drug-likeness (QED) is 0.157. The van der Waals surface area contributed by atoms with Gasteiger partial charge in [0, 0.05) is 21.1 Å². The van der Waals surface area contributed by atoms with Crippen LogP contribution in [0.1, 0.15) is 0 Å². The first-order valence-electron chi connectivity index (χ1n) is 10.5. The van der Waals surface area contributed by atoms with E-state index in [-0.39, 0.29) is 21.1 Å². The molecule has 0 aliphatic carbocycles. The summed E-state index contributed by atoms with van der Waals surface area (Å²) in [5, 5.41) is 2.65. The van der Waals surface area contributed by atoms with Crippen molar-refractivity contribution in [2.24, 2.45) is 0 Å². The molecule has 0 aliphatic heterocycles. The van der Waals surface area contributed by atoms with Crippen LogP contribution in [0.3, 0.4) is 0 Å². The van der Waals surface area contributed by atoms with Gasteiger partial charge in [-0.05, 0) is 0 Å². The molecule has 0 bridgehead atoms. The predicted octanol–water partition coefficient (Wildman–Crippen LogP) is 3.45. The van der Waals surface area contributed by atoms with Gasteiger partial charge in [-0.25, -0.2) is 0 Å². The standard InChI is InChI=1S/C26H24As2.4CO.W/c1-5-13-23(14-6-1)27(24-15-7-2-8-16-24)21-22-28(25-17-9-3-10-18-25)26-19-11-4-12-20-26;4*1-2;/h1-20H,21-22H2;;;;;. The predicted molar refractivity (Wildman–Crippen MR) is 141 cm³/mol. The third kappa shape index (κ3) is 13.1. The zero-order valence-electron chi connectivity index (χ0n) is 19.9. The van der Waals surface area contributed by atoms with E-state index in [0.29, 0.717) is 0 Å². The Morgan fingerprint density at radius 2 is 0.514 bits per heavy atom. The SMILES string of the molecule is [C-]#[O+].[C-]#[O+].[C-]#[O+].[C-]#[O+].[W].c1ccc([As](CC[As](c2ccccc2)c2ccccc2)c2ccccc2)cc1. The van der Waals surface area contributed by atoms with E-state index in [4.69, 9.17) is 18.6 Å². The molecule has 0 radical (unpaired) electrons. The van der Waals surface area contributed by atoms with Gasteiger partial charge in [-0.1, -0.05) is 0 Å². The number of hydrogen-bond donors (Lipinski definition) is 0. The van der Waals surface area contributed by atoms with Crippen molar-refractivity contribution in [1.29, 1.82) is 0 Å². The second-order valence-corrected chi connectivity index (χ2v) is 16.4. The zero-order chi connectivity index (χ0) is 27.0. The van der Waals surface area contributed by atoms with Crippen molar-refractivity contribution in [2.75, 3.05) is 0 Å². The van der Waals surface area contributed by atoms with E-state index in [9.17, 15) is 0 Å². The Bertz CT molecular complexity index is 964. The second-order valence-electron chi connectivity index (χ2n) is 6.65. The van der Waals surface area contributed by atoms with E-state index in [0.717, 1.165) is 0 Å². The second kappa shape index (κ2) is 25.3. The third-order valence-electron chi connectivity index (χ3n) is 4.82. The molecule has 4 nitrogen and oxygen atoms in total. The van der Waals surface area contributed by atoms with Gasteiger partial charge in [-0.3, -0.25) is 0 Å². The van der Waals surface area contributed by atoms with Crippen molar-refractivity contribution < 1.29 is 39.7 Å². The Morgan fingerprint density at radius 1 is 0.351 bits per heavy atom. The van der Waals surface area contributed by atoms with Crippen LogP contribution in [0.5, 0.6) is 0 Å². The van der Waals surface area contributed by atoms with Crippen LogP contribution >= 0.6 is 0 Å². The molecule has 37 heavy (non-hydrogen) atoms. The van der Waals surface area contributed by atoms with Gasteiger partial charge in [0.05, 0.1) is 0 Å². The van der Waals surface area contributed by atoms with Crippen LogP contribution in [0, 0.1) is 26.6 Å². The molecule has 184 valence electrons. The summed E-state index contributed by atoms with van der Waals surface area (Å²) >= 11 is -2.60. The molecule has 0 fully saturated rings. The van der Waals surface area contributed by atoms with E-state index in [1.165, 1.54) is 10.4 Å². The fraction of sp³-hybridized carbons (Fsp3) is 0.0667.